The largest absolute Gasteiger partial charge is 0.489 e. The van der Waals surface area contributed by atoms with Crippen molar-refractivity contribution in [1.29, 1.82) is 0 Å². The molecule has 5 nitrogen and oxygen atoms in total. The number of ether oxygens (including phenoxy) is 1. The van der Waals surface area contributed by atoms with E-state index in [1.165, 1.54) is 25.0 Å². The van der Waals surface area contributed by atoms with Crippen molar-refractivity contribution in [3.05, 3.63) is 64.9 Å². The second kappa shape index (κ2) is 9.14. The standard InChI is InChI=1S/C26H29F2N3O2/c1-29-26(32)20-7-8-23(28)25-22(20)12-19(15-33-25)31(14-16-4-5-16)10-2-3-17-13-30-24-9-6-18(27)11-21(17)24/h6-9,11,13,16,19,30H,2-5,10,12,14-15H2,1H3,(H,29,32). The number of aromatic nitrogens is 1. The third-order valence-electron chi connectivity index (χ3n) is 6.87. The summed E-state index contributed by atoms with van der Waals surface area (Å²) < 4.78 is 34.0. The van der Waals surface area contributed by atoms with Crippen LogP contribution in [-0.2, 0) is 12.8 Å². The van der Waals surface area contributed by atoms with Crippen LogP contribution in [-0.4, -0.2) is 48.6 Å². The summed E-state index contributed by atoms with van der Waals surface area (Å²) in [6, 6.07) is 7.76. The van der Waals surface area contributed by atoms with E-state index in [0.29, 0.717) is 30.1 Å². The van der Waals surface area contributed by atoms with E-state index in [2.05, 4.69) is 15.2 Å². The lowest BCUT2D eigenvalue weighted by molar-refractivity contribution is 0.0946. The van der Waals surface area contributed by atoms with Gasteiger partial charge in [-0.1, -0.05) is 0 Å². The number of nitrogens with one attached hydrogen (secondary N) is 2. The number of benzene rings is 2. The fourth-order valence-corrected chi connectivity index (χ4v) is 4.90. The Labute approximate surface area is 192 Å². The number of aryl methyl sites for hydroxylation is 1. The van der Waals surface area contributed by atoms with Crippen molar-refractivity contribution < 1.29 is 18.3 Å². The Balaban J connectivity index is 1.31. The molecule has 174 valence electrons. The highest BCUT2D eigenvalue weighted by Gasteiger charge is 2.33. The maximum Gasteiger partial charge on any atom is 0.251 e. The fourth-order valence-electron chi connectivity index (χ4n) is 4.90. The number of hydrogen-bond donors (Lipinski definition) is 2. The van der Waals surface area contributed by atoms with Gasteiger partial charge in [-0.2, -0.15) is 0 Å². The Morgan fingerprint density at radius 1 is 1.24 bits per heavy atom. The second-order valence-electron chi connectivity index (χ2n) is 9.20. The molecule has 3 aromatic rings. The minimum atomic E-state index is -0.420. The van der Waals surface area contributed by atoms with E-state index in [1.54, 1.807) is 25.2 Å². The van der Waals surface area contributed by atoms with Crippen molar-refractivity contribution in [1.82, 2.24) is 15.2 Å². The van der Waals surface area contributed by atoms with Gasteiger partial charge in [0.05, 0.1) is 0 Å². The van der Waals surface area contributed by atoms with Gasteiger partial charge in [-0.3, -0.25) is 9.69 Å². The maximum absolute atomic E-state index is 14.4. The number of carbonyl (C=O) groups excluding carboxylic acids is 1. The van der Waals surface area contributed by atoms with Gasteiger partial charge in [-0.05, 0) is 80.5 Å². The SMILES string of the molecule is CNC(=O)c1ccc(F)c2c1CC(N(CCCc1c[nH]c3ccc(F)cc13)CC1CC1)CO2. The fraction of sp³-hybridized carbons (Fsp3) is 0.423. The van der Waals surface area contributed by atoms with Gasteiger partial charge in [0.25, 0.3) is 5.91 Å². The minimum absolute atomic E-state index is 0.0868. The minimum Gasteiger partial charge on any atom is -0.489 e. The number of hydrogen-bond acceptors (Lipinski definition) is 3. The van der Waals surface area contributed by atoms with E-state index in [-0.39, 0.29) is 23.5 Å². The zero-order valence-corrected chi connectivity index (χ0v) is 18.8. The number of halogens is 2. The van der Waals surface area contributed by atoms with Crippen LogP contribution < -0.4 is 10.1 Å². The Morgan fingerprint density at radius 2 is 2.09 bits per heavy atom. The molecule has 1 unspecified atom stereocenters. The van der Waals surface area contributed by atoms with Crippen LogP contribution in [0.3, 0.4) is 0 Å². The van der Waals surface area contributed by atoms with E-state index >= 15 is 0 Å². The maximum atomic E-state index is 14.4. The van der Waals surface area contributed by atoms with Gasteiger partial charge < -0.3 is 15.0 Å². The molecule has 2 heterocycles. The third-order valence-corrected chi connectivity index (χ3v) is 6.87. The van der Waals surface area contributed by atoms with Crippen LogP contribution in [0.5, 0.6) is 5.75 Å². The molecular formula is C26H29F2N3O2. The summed E-state index contributed by atoms with van der Waals surface area (Å²) in [5.74, 6) is 0.0298. The molecule has 0 saturated heterocycles. The molecule has 1 fully saturated rings. The van der Waals surface area contributed by atoms with Gasteiger partial charge in [0.15, 0.2) is 11.6 Å². The molecule has 1 aliphatic heterocycles. The van der Waals surface area contributed by atoms with Crippen molar-refractivity contribution in [2.75, 3.05) is 26.7 Å². The van der Waals surface area contributed by atoms with Crippen LogP contribution in [0.1, 0.15) is 40.7 Å². The molecule has 1 atom stereocenters. The smallest absolute Gasteiger partial charge is 0.251 e. The molecule has 1 amide bonds. The highest BCUT2D eigenvalue weighted by molar-refractivity contribution is 5.96. The van der Waals surface area contributed by atoms with Gasteiger partial charge in [-0.25, -0.2) is 8.78 Å². The Hall–Kier alpha value is -2.93. The molecule has 2 N–H and O–H groups in total. The van der Waals surface area contributed by atoms with E-state index in [0.717, 1.165) is 42.4 Å². The first kappa shape index (κ1) is 21.9. The van der Waals surface area contributed by atoms with E-state index in [9.17, 15) is 13.6 Å². The second-order valence-corrected chi connectivity index (χ2v) is 9.20. The van der Waals surface area contributed by atoms with Crippen LogP contribution in [0.25, 0.3) is 10.9 Å². The van der Waals surface area contributed by atoms with Crippen molar-refractivity contribution in [3.8, 4) is 5.75 Å². The molecule has 1 aliphatic carbocycles. The molecule has 0 radical (unpaired) electrons. The lowest BCUT2D eigenvalue weighted by Gasteiger charge is -2.36. The average Bonchev–Trinajstić information content (AvgIpc) is 3.56. The number of amides is 1. The van der Waals surface area contributed by atoms with E-state index in [4.69, 9.17) is 4.74 Å². The first-order valence-corrected chi connectivity index (χ1v) is 11.7. The number of nitrogens with zero attached hydrogens (tertiary/aromatic N) is 1. The highest BCUT2D eigenvalue weighted by atomic mass is 19.1. The summed E-state index contributed by atoms with van der Waals surface area (Å²) in [4.78, 5) is 18.0. The van der Waals surface area contributed by atoms with Gasteiger partial charge >= 0.3 is 0 Å². The molecule has 7 heteroatoms. The van der Waals surface area contributed by atoms with Crippen LogP contribution in [0.4, 0.5) is 8.78 Å². The predicted octanol–water partition coefficient (Wildman–Crippen LogP) is 4.45. The summed E-state index contributed by atoms with van der Waals surface area (Å²) in [5.41, 5.74) is 3.19. The topological polar surface area (TPSA) is 57.4 Å². The number of carbonyl (C=O) groups is 1. The molecule has 0 bridgehead atoms. The summed E-state index contributed by atoms with van der Waals surface area (Å²) >= 11 is 0. The molecule has 1 saturated carbocycles. The summed E-state index contributed by atoms with van der Waals surface area (Å²) in [7, 11) is 1.58. The van der Waals surface area contributed by atoms with Gasteiger partial charge in [0, 0.05) is 47.9 Å². The van der Waals surface area contributed by atoms with Crippen LogP contribution in [0.2, 0.25) is 0 Å². The van der Waals surface area contributed by atoms with E-state index < -0.39 is 5.82 Å². The summed E-state index contributed by atoms with van der Waals surface area (Å²) in [5, 5.41) is 3.58. The zero-order valence-electron chi connectivity index (χ0n) is 18.8. The van der Waals surface area contributed by atoms with E-state index in [1.807, 2.05) is 6.20 Å². The van der Waals surface area contributed by atoms with Crippen molar-refractivity contribution in [3.63, 3.8) is 0 Å². The van der Waals surface area contributed by atoms with Crippen molar-refractivity contribution >= 4 is 16.8 Å². The number of aromatic amines is 1. The zero-order chi connectivity index (χ0) is 22.9. The molecule has 5 rings (SSSR count). The summed E-state index contributed by atoms with van der Waals surface area (Å²) in [6.45, 7) is 2.26. The normalized spacial score (nSPS) is 17.8. The van der Waals surface area contributed by atoms with Crippen LogP contribution in [0, 0.1) is 17.6 Å². The number of rotatable bonds is 8. The van der Waals surface area contributed by atoms with Gasteiger partial charge in [0.2, 0.25) is 0 Å². The first-order chi connectivity index (χ1) is 16.0. The predicted molar refractivity (Wildman–Crippen MR) is 124 cm³/mol. The molecular weight excluding hydrogens is 424 g/mol. The quantitative estimate of drug-likeness (QED) is 0.530. The molecule has 2 aliphatic rings. The van der Waals surface area contributed by atoms with Gasteiger partial charge in [0.1, 0.15) is 12.4 Å². The van der Waals surface area contributed by atoms with Crippen LogP contribution >= 0.6 is 0 Å². The Morgan fingerprint density at radius 3 is 2.88 bits per heavy atom. The molecule has 33 heavy (non-hydrogen) atoms. The molecule has 2 aromatic carbocycles. The Kier molecular flexibility index (Phi) is 6.06. The highest BCUT2D eigenvalue weighted by Crippen LogP contribution is 2.35. The summed E-state index contributed by atoms with van der Waals surface area (Å²) in [6.07, 6.45) is 6.79. The lowest BCUT2D eigenvalue weighted by Crippen LogP contribution is -2.45. The molecule has 0 spiro atoms. The van der Waals surface area contributed by atoms with Gasteiger partial charge in [-0.15, -0.1) is 0 Å². The third kappa shape index (κ3) is 4.60. The number of fused-ring (bicyclic) bond motifs is 2. The van der Waals surface area contributed by atoms with Crippen LogP contribution in [0.15, 0.2) is 36.5 Å². The Bertz CT molecular complexity index is 1170. The number of H-pyrrole nitrogens is 1. The first-order valence-electron chi connectivity index (χ1n) is 11.7. The lowest BCUT2D eigenvalue weighted by atomic mass is 9.95. The van der Waals surface area contributed by atoms with Crippen molar-refractivity contribution in [2.24, 2.45) is 5.92 Å². The average molecular weight is 454 g/mol. The van der Waals surface area contributed by atoms with Crippen molar-refractivity contribution in [2.45, 2.75) is 38.1 Å². The monoisotopic (exact) mass is 453 g/mol. The molecule has 1 aromatic heterocycles.